The summed E-state index contributed by atoms with van der Waals surface area (Å²) in [4.78, 5) is 29.8. The number of carbonyl (C=O) groups excluding carboxylic acids is 2. The Balaban J connectivity index is 1.71. The molecule has 1 aliphatic rings. The highest BCUT2D eigenvalue weighted by atomic mass is 16.6. The van der Waals surface area contributed by atoms with Gasteiger partial charge in [0, 0.05) is 11.6 Å². The van der Waals surface area contributed by atoms with Gasteiger partial charge in [0.2, 0.25) is 0 Å². The lowest BCUT2D eigenvalue weighted by Crippen LogP contribution is -2.27. The Hall–Kier alpha value is -3.62. The van der Waals surface area contributed by atoms with Gasteiger partial charge in [0.05, 0.1) is 22.8 Å². The minimum absolute atomic E-state index is 0.0242. The van der Waals surface area contributed by atoms with Crippen molar-refractivity contribution in [1.82, 2.24) is 14.8 Å². The predicted molar refractivity (Wildman–Crippen MR) is 120 cm³/mol. The van der Waals surface area contributed by atoms with E-state index >= 15 is 0 Å². The first-order chi connectivity index (χ1) is 15.6. The molecule has 174 valence electrons. The number of benzene rings is 1. The quantitative estimate of drug-likeness (QED) is 0.535. The summed E-state index contributed by atoms with van der Waals surface area (Å²) in [7, 11) is 0. The summed E-state index contributed by atoms with van der Waals surface area (Å²) in [6.45, 7) is 9.68. The lowest BCUT2D eigenvalue weighted by atomic mass is 10.1. The van der Waals surface area contributed by atoms with Crippen LogP contribution in [0.4, 0.5) is 0 Å². The third kappa shape index (κ3) is 4.92. The molecule has 4 rings (SSSR count). The Morgan fingerprint density at radius 1 is 1.12 bits per heavy atom. The van der Waals surface area contributed by atoms with E-state index in [9.17, 15) is 9.59 Å². The first-order valence-corrected chi connectivity index (χ1v) is 10.8. The maximum atomic E-state index is 13.0. The molecule has 0 fully saturated rings. The van der Waals surface area contributed by atoms with Gasteiger partial charge in [-0.1, -0.05) is 0 Å². The number of fused-ring (bicyclic) bond motifs is 2. The molecule has 0 aliphatic carbocycles. The van der Waals surface area contributed by atoms with Crippen molar-refractivity contribution in [2.75, 3.05) is 19.8 Å². The first-order valence-electron chi connectivity index (χ1n) is 10.8. The van der Waals surface area contributed by atoms with Gasteiger partial charge < -0.3 is 18.9 Å². The standard InChI is InChI=1S/C24H27N3O6/c1-14(2)27-22-17(12-25-27)16(23(29)32-13-21(28)33-24(3,4)5)11-18(26-22)15-6-7-19-20(10-15)31-9-8-30-19/h6-7,10-12,14H,8-9,13H2,1-5H3. The van der Waals surface area contributed by atoms with Crippen LogP contribution in [0.25, 0.3) is 22.3 Å². The fraction of sp³-hybridized carbons (Fsp3) is 0.417. The SMILES string of the molecule is CC(C)n1ncc2c(C(=O)OCC(=O)OC(C)(C)C)cc(-c3ccc4c(c3)OCCO4)nc21. The summed E-state index contributed by atoms with van der Waals surface area (Å²) < 4.78 is 23.5. The number of aromatic nitrogens is 3. The fourth-order valence-electron chi connectivity index (χ4n) is 3.49. The highest BCUT2D eigenvalue weighted by Gasteiger charge is 2.23. The second kappa shape index (κ2) is 8.73. The minimum atomic E-state index is -0.669. The highest BCUT2D eigenvalue weighted by molar-refractivity contribution is 6.04. The van der Waals surface area contributed by atoms with Crippen LogP contribution >= 0.6 is 0 Å². The molecule has 1 aromatic carbocycles. The zero-order valence-electron chi connectivity index (χ0n) is 19.4. The molecule has 0 N–H and O–H groups in total. The van der Waals surface area contributed by atoms with E-state index in [2.05, 4.69) is 5.10 Å². The molecule has 9 heteroatoms. The van der Waals surface area contributed by atoms with Crippen molar-refractivity contribution in [3.8, 4) is 22.8 Å². The van der Waals surface area contributed by atoms with Gasteiger partial charge in [-0.05, 0) is 58.9 Å². The van der Waals surface area contributed by atoms with E-state index < -0.39 is 24.1 Å². The van der Waals surface area contributed by atoms with Crippen molar-refractivity contribution < 1.29 is 28.5 Å². The number of hydrogen-bond donors (Lipinski definition) is 0. The topological polar surface area (TPSA) is 102 Å². The van der Waals surface area contributed by atoms with Crippen LogP contribution in [0.5, 0.6) is 11.5 Å². The Labute approximate surface area is 191 Å². The Kier molecular flexibility index (Phi) is 5.97. The van der Waals surface area contributed by atoms with E-state index in [0.717, 1.165) is 5.56 Å². The molecule has 9 nitrogen and oxygen atoms in total. The molecule has 0 atom stereocenters. The van der Waals surface area contributed by atoms with Crippen LogP contribution in [-0.4, -0.2) is 52.1 Å². The second-order valence-electron chi connectivity index (χ2n) is 9.00. The summed E-state index contributed by atoms with van der Waals surface area (Å²) in [6.07, 6.45) is 1.58. The number of nitrogens with zero attached hydrogens (tertiary/aromatic N) is 3. The predicted octanol–water partition coefficient (Wildman–Crippen LogP) is 3.95. The Bertz CT molecular complexity index is 1210. The zero-order valence-corrected chi connectivity index (χ0v) is 19.4. The monoisotopic (exact) mass is 453 g/mol. The van der Waals surface area contributed by atoms with E-state index in [0.29, 0.717) is 41.4 Å². The van der Waals surface area contributed by atoms with E-state index in [4.69, 9.17) is 23.9 Å². The van der Waals surface area contributed by atoms with Gasteiger partial charge in [0.15, 0.2) is 23.8 Å². The summed E-state index contributed by atoms with van der Waals surface area (Å²) in [5, 5.41) is 4.94. The molecule has 3 heterocycles. The maximum Gasteiger partial charge on any atom is 0.344 e. The molecule has 0 saturated carbocycles. The van der Waals surface area contributed by atoms with Gasteiger partial charge >= 0.3 is 11.9 Å². The van der Waals surface area contributed by atoms with E-state index in [1.165, 1.54) is 0 Å². The van der Waals surface area contributed by atoms with Crippen LogP contribution < -0.4 is 9.47 Å². The van der Waals surface area contributed by atoms with Crippen LogP contribution in [0.1, 0.15) is 51.0 Å². The summed E-state index contributed by atoms with van der Waals surface area (Å²) in [6, 6.07) is 7.16. The number of hydrogen-bond acceptors (Lipinski definition) is 8. The van der Waals surface area contributed by atoms with Crippen LogP contribution in [-0.2, 0) is 14.3 Å². The van der Waals surface area contributed by atoms with Crippen molar-refractivity contribution in [1.29, 1.82) is 0 Å². The molecule has 0 spiro atoms. The van der Waals surface area contributed by atoms with Crippen molar-refractivity contribution in [2.45, 2.75) is 46.3 Å². The van der Waals surface area contributed by atoms with Crippen LogP contribution in [0, 0.1) is 0 Å². The molecule has 0 unspecified atom stereocenters. The van der Waals surface area contributed by atoms with E-state index in [1.54, 1.807) is 37.7 Å². The molecule has 3 aromatic rings. The average molecular weight is 453 g/mol. The van der Waals surface area contributed by atoms with Crippen molar-refractivity contribution in [3.63, 3.8) is 0 Å². The molecular formula is C24H27N3O6. The van der Waals surface area contributed by atoms with Gasteiger partial charge in [-0.2, -0.15) is 5.10 Å². The third-order valence-electron chi connectivity index (χ3n) is 4.85. The van der Waals surface area contributed by atoms with Crippen LogP contribution in [0.2, 0.25) is 0 Å². The van der Waals surface area contributed by atoms with E-state index in [-0.39, 0.29) is 11.6 Å². The van der Waals surface area contributed by atoms with Crippen LogP contribution in [0.15, 0.2) is 30.5 Å². The molecule has 0 saturated heterocycles. The normalized spacial score (nSPS) is 13.3. The van der Waals surface area contributed by atoms with Gasteiger partial charge in [-0.15, -0.1) is 0 Å². The fourth-order valence-corrected chi connectivity index (χ4v) is 3.49. The average Bonchev–Trinajstić information content (AvgIpc) is 3.19. The van der Waals surface area contributed by atoms with Gasteiger partial charge in [0.25, 0.3) is 0 Å². The van der Waals surface area contributed by atoms with Crippen molar-refractivity contribution in [2.24, 2.45) is 0 Å². The molecule has 2 aromatic heterocycles. The molecule has 0 radical (unpaired) electrons. The maximum absolute atomic E-state index is 13.0. The van der Waals surface area contributed by atoms with Gasteiger partial charge in [0.1, 0.15) is 18.8 Å². The van der Waals surface area contributed by atoms with Gasteiger partial charge in [-0.25, -0.2) is 19.3 Å². The minimum Gasteiger partial charge on any atom is -0.486 e. The van der Waals surface area contributed by atoms with Crippen molar-refractivity contribution in [3.05, 3.63) is 36.0 Å². The third-order valence-corrected chi connectivity index (χ3v) is 4.85. The number of carbonyl (C=O) groups is 2. The number of rotatable bonds is 5. The second-order valence-corrected chi connectivity index (χ2v) is 9.00. The molecule has 0 bridgehead atoms. The lowest BCUT2D eigenvalue weighted by Gasteiger charge is -2.19. The summed E-state index contributed by atoms with van der Waals surface area (Å²) in [5.74, 6) is 0.00352. The summed E-state index contributed by atoms with van der Waals surface area (Å²) in [5.41, 5.74) is 1.43. The first kappa shape index (κ1) is 22.6. The Morgan fingerprint density at radius 3 is 2.55 bits per heavy atom. The van der Waals surface area contributed by atoms with Gasteiger partial charge in [-0.3, -0.25) is 0 Å². The number of esters is 2. The molecule has 33 heavy (non-hydrogen) atoms. The largest absolute Gasteiger partial charge is 0.486 e. The molecule has 1 aliphatic heterocycles. The van der Waals surface area contributed by atoms with Crippen molar-refractivity contribution >= 4 is 23.0 Å². The van der Waals surface area contributed by atoms with Crippen LogP contribution in [0.3, 0.4) is 0 Å². The molecular weight excluding hydrogens is 426 g/mol. The van der Waals surface area contributed by atoms with E-state index in [1.807, 2.05) is 32.0 Å². The summed E-state index contributed by atoms with van der Waals surface area (Å²) >= 11 is 0. The highest BCUT2D eigenvalue weighted by Crippen LogP contribution is 2.35. The molecule has 0 amide bonds. The smallest absolute Gasteiger partial charge is 0.344 e. The lowest BCUT2D eigenvalue weighted by molar-refractivity contribution is -0.158. The number of ether oxygens (including phenoxy) is 4. The zero-order chi connectivity index (χ0) is 23.8. The Morgan fingerprint density at radius 2 is 1.85 bits per heavy atom. The number of pyridine rings is 1.